The molecule has 0 atom stereocenters. The first-order valence-corrected chi connectivity index (χ1v) is 6.45. The first kappa shape index (κ1) is 11.0. The van der Waals surface area contributed by atoms with Crippen LogP contribution in [0.2, 0.25) is 0 Å². The van der Waals surface area contributed by atoms with Crippen LogP contribution in [-0.2, 0) is 6.42 Å². The third-order valence-corrected chi connectivity index (χ3v) is 3.42. The Morgan fingerprint density at radius 3 is 2.28 bits per heavy atom. The summed E-state index contributed by atoms with van der Waals surface area (Å²) in [5, 5.41) is 2.60. The fraction of sp³-hybridized carbons (Fsp3) is 0.111. The van der Waals surface area contributed by atoms with Crippen molar-refractivity contribution in [2.75, 3.05) is 0 Å². The minimum atomic E-state index is 1.08. The third-order valence-electron chi connectivity index (χ3n) is 3.42. The predicted octanol–water partition coefficient (Wildman–Crippen LogP) is 5.07. The van der Waals surface area contributed by atoms with Crippen molar-refractivity contribution in [3.8, 4) is 11.1 Å². The molecule has 0 radical (unpaired) electrons. The highest BCUT2D eigenvalue weighted by molar-refractivity contribution is 5.87. The maximum Gasteiger partial charge on any atom is -0.0178 e. The molecule has 3 rings (SSSR count). The van der Waals surface area contributed by atoms with Crippen LogP contribution in [0, 0.1) is 0 Å². The minimum Gasteiger partial charge on any atom is -0.0616 e. The van der Waals surface area contributed by atoms with Crippen molar-refractivity contribution >= 4 is 10.8 Å². The zero-order valence-electron chi connectivity index (χ0n) is 10.6. The number of rotatable bonds is 2. The van der Waals surface area contributed by atoms with E-state index in [0.29, 0.717) is 0 Å². The van der Waals surface area contributed by atoms with Gasteiger partial charge < -0.3 is 0 Å². The summed E-state index contributed by atoms with van der Waals surface area (Å²) in [5.41, 5.74) is 3.99. The van der Waals surface area contributed by atoms with E-state index < -0.39 is 0 Å². The van der Waals surface area contributed by atoms with Gasteiger partial charge in [-0.15, -0.1) is 0 Å². The summed E-state index contributed by atoms with van der Waals surface area (Å²) in [6, 6.07) is 24.0. The van der Waals surface area contributed by atoms with Gasteiger partial charge >= 0.3 is 0 Å². The number of aryl methyl sites for hydroxylation is 1. The fourth-order valence-corrected chi connectivity index (χ4v) is 2.34. The van der Waals surface area contributed by atoms with E-state index in [0.717, 1.165) is 6.42 Å². The second kappa shape index (κ2) is 4.66. The molecule has 0 aliphatic heterocycles. The van der Waals surface area contributed by atoms with Gasteiger partial charge in [-0.25, -0.2) is 0 Å². The Hall–Kier alpha value is -2.08. The van der Waals surface area contributed by atoms with Gasteiger partial charge in [-0.3, -0.25) is 0 Å². The average molecular weight is 232 g/mol. The van der Waals surface area contributed by atoms with E-state index in [-0.39, 0.29) is 0 Å². The zero-order chi connectivity index (χ0) is 12.4. The van der Waals surface area contributed by atoms with E-state index in [2.05, 4.69) is 73.7 Å². The topological polar surface area (TPSA) is 0 Å². The smallest absolute Gasteiger partial charge is 0.0178 e. The summed E-state index contributed by atoms with van der Waals surface area (Å²) >= 11 is 0. The van der Waals surface area contributed by atoms with Crippen molar-refractivity contribution < 1.29 is 0 Å². The Kier molecular flexibility index (Phi) is 2.85. The summed E-state index contributed by atoms with van der Waals surface area (Å²) in [6.07, 6.45) is 1.08. The van der Waals surface area contributed by atoms with Crippen LogP contribution < -0.4 is 0 Å². The van der Waals surface area contributed by atoms with Gasteiger partial charge in [-0.1, -0.05) is 67.6 Å². The van der Waals surface area contributed by atoms with Crippen molar-refractivity contribution in [1.29, 1.82) is 0 Å². The standard InChI is InChI=1S/C18H16/c1-2-14-6-5-9-16(12-14)18-11-10-15-7-3-4-8-17(15)13-18/h3-13H,2H2,1H3. The van der Waals surface area contributed by atoms with Crippen molar-refractivity contribution in [3.05, 3.63) is 72.3 Å². The van der Waals surface area contributed by atoms with Crippen molar-refractivity contribution in [2.45, 2.75) is 13.3 Å². The van der Waals surface area contributed by atoms with E-state index in [1.807, 2.05) is 0 Å². The first-order valence-electron chi connectivity index (χ1n) is 6.45. The quantitative estimate of drug-likeness (QED) is 0.578. The highest BCUT2D eigenvalue weighted by Gasteiger charge is 2.00. The molecular weight excluding hydrogens is 216 g/mol. The number of fused-ring (bicyclic) bond motifs is 1. The molecular formula is C18H16. The van der Waals surface area contributed by atoms with E-state index in [4.69, 9.17) is 0 Å². The molecule has 3 aromatic carbocycles. The number of hydrogen-bond acceptors (Lipinski definition) is 0. The molecule has 0 nitrogen and oxygen atoms in total. The van der Waals surface area contributed by atoms with Crippen molar-refractivity contribution in [1.82, 2.24) is 0 Å². The van der Waals surface area contributed by atoms with Crippen LogP contribution in [0.3, 0.4) is 0 Å². The molecule has 18 heavy (non-hydrogen) atoms. The van der Waals surface area contributed by atoms with E-state index in [1.165, 1.54) is 27.5 Å². The fourth-order valence-electron chi connectivity index (χ4n) is 2.34. The molecule has 0 aromatic heterocycles. The van der Waals surface area contributed by atoms with Crippen LogP contribution in [-0.4, -0.2) is 0 Å². The van der Waals surface area contributed by atoms with Crippen LogP contribution >= 0.6 is 0 Å². The zero-order valence-corrected chi connectivity index (χ0v) is 10.6. The van der Waals surface area contributed by atoms with Crippen LogP contribution in [0.5, 0.6) is 0 Å². The normalized spacial score (nSPS) is 10.7. The molecule has 0 fully saturated rings. The minimum absolute atomic E-state index is 1.08. The van der Waals surface area contributed by atoms with E-state index in [9.17, 15) is 0 Å². The first-order chi connectivity index (χ1) is 8.86. The third kappa shape index (κ3) is 2.02. The molecule has 0 saturated carbocycles. The average Bonchev–Trinajstić information content (AvgIpc) is 2.47. The molecule has 3 aromatic rings. The van der Waals surface area contributed by atoms with E-state index in [1.54, 1.807) is 0 Å². The lowest BCUT2D eigenvalue weighted by atomic mass is 9.99. The van der Waals surface area contributed by atoms with Gasteiger partial charge in [0.2, 0.25) is 0 Å². The second-order valence-corrected chi connectivity index (χ2v) is 4.62. The monoisotopic (exact) mass is 232 g/mol. The molecule has 0 heteroatoms. The molecule has 0 N–H and O–H groups in total. The maximum absolute atomic E-state index is 2.28. The number of benzene rings is 3. The molecule has 0 bridgehead atoms. The predicted molar refractivity (Wildman–Crippen MR) is 78.8 cm³/mol. The van der Waals surface area contributed by atoms with Crippen LogP contribution in [0.25, 0.3) is 21.9 Å². The van der Waals surface area contributed by atoms with Gasteiger partial charge in [0, 0.05) is 0 Å². The van der Waals surface area contributed by atoms with Gasteiger partial charge in [0.05, 0.1) is 0 Å². The lowest BCUT2D eigenvalue weighted by Gasteiger charge is -2.06. The summed E-state index contributed by atoms with van der Waals surface area (Å²) in [7, 11) is 0. The SMILES string of the molecule is CCc1cccc(-c2ccc3ccccc3c2)c1. The van der Waals surface area contributed by atoms with E-state index >= 15 is 0 Å². The van der Waals surface area contributed by atoms with Crippen molar-refractivity contribution in [2.24, 2.45) is 0 Å². The maximum atomic E-state index is 2.28. The molecule has 0 amide bonds. The van der Waals surface area contributed by atoms with Gasteiger partial charge in [-0.05, 0) is 39.9 Å². The van der Waals surface area contributed by atoms with Crippen molar-refractivity contribution in [3.63, 3.8) is 0 Å². The molecule has 88 valence electrons. The van der Waals surface area contributed by atoms with Gasteiger partial charge in [-0.2, -0.15) is 0 Å². The Morgan fingerprint density at radius 2 is 1.44 bits per heavy atom. The molecule has 0 saturated heterocycles. The molecule has 0 aliphatic carbocycles. The lowest BCUT2D eigenvalue weighted by Crippen LogP contribution is -1.83. The van der Waals surface area contributed by atoms with Gasteiger partial charge in [0.15, 0.2) is 0 Å². The highest BCUT2D eigenvalue weighted by Crippen LogP contribution is 2.25. The summed E-state index contributed by atoms with van der Waals surface area (Å²) in [4.78, 5) is 0. The second-order valence-electron chi connectivity index (χ2n) is 4.62. The van der Waals surface area contributed by atoms with Crippen LogP contribution in [0.1, 0.15) is 12.5 Å². The highest BCUT2D eigenvalue weighted by atomic mass is 14.0. The lowest BCUT2D eigenvalue weighted by molar-refractivity contribution is 1.14. The Labute approximate surface area is 108 Å². The molecule has 0 unspecified atom stereocenters. The molecule has 0 heterocycles. The van der Waals surface area contributed by atoms with Crippen LogP contribution in [0.15, 0.2) is 66.7 Å². The molecule has 0 aliphatic rings. The summed E-state index contributed by atoms with van der Waals surface area (Å²) < 4.78 is 0. The van der Waals surface area contributed by atoms with Gasteiger partial charge in [0.1, 0.15) is 0 Å². The number of hydrogen-bond donors (Lipinski definition) is 0. The Morgan fingerprint density at radius 1 is 0.667 bits per heavy atom. The molecule has 0 spiro atoms. The largest absolute Gasteiger partial charge is 0.0616 e. The van der Waals surface area contributed by atoms with Gasteiger partial charge in [0.25, 0.3) is 0 Å². The summed E-state index contributed by atoms with van der Waals surface area (Å²) in [5.74, 6) is 0. The Balaban J connectivity index is 2.13. The summed E-state index contributed by atoms with van der Waals surface area (Å²) in [6.45, 7) is 2.19. The van der Waals surface area contributed by atoms with Crippen LogP contribution in [0.4, 0.5) is 0 Å². The Bertz CT molecular complexity index is 680.